The van der Waals surface area contributed by atoms with Crippen molar-refractivity contribution in [1.82, 2.24) is 25.3 Å². The van der Waals surface area contributed by atoms with Crippen molar-refractivity contribution in [2.24, 2.45) is 0 Å². The van der Waals surface area contributed by atoms with E-state index in [-0.39, 0.29) is 41.9 Å². The van der Waals surface area contributed by atoms with E-state index < -0.39 is 9.84 Å². The number of hydrogen-bond acceptors (Lipinski definition) is 9. The van der Waals surface area contributed by atoms with Crippen molar-refractivity contribution in [3.05, 3.63) is 77.0 Å². The second-order valence-electron chi connectivity index (χ2n) is 10.5. The third-order valence-corrected chi connectivity index (χ3v) is 9.39. The quantitative estimate of drug-likeness (QED) is 0.392. The summed E-state index contributed by atoms with van der Waals surface area (Å²) >= 11 is 0. The zero-order valence-corrected chi connectivity index (χ0v) is 22.7. The summed E-state index contributed by atoms with van der Waals surface area (Å²) in [6.45, 7) is 1.35. The molecule has 1 aromatic carbocycles. The minimum Gasteiger partial charge on any atom is -0.376 e. The van der Waals surface area contributed by atoms with Gasteiger partial charge in [-0.05, 0) is 61.6 Å². The van der Waals surface area contributed by atoms with Crippen LogP contribution in [-0.4, -0.2) is 53.2 Å². The zero-order valence-electron chi connectivity index (χ0n) is 21.8. The SMILES string of the molecule is O=C(NCc1cc2nc(N3CCCc4ncc(C5CC5)nc43)ccc2cn1)c1ccc2c(c1)S(=O)(=O)CCOC2. The lowest BCUT2D eigenvalue weighted by Crippen LogP contribution is -2.27. The summed E-state index contributed by atoms with van der Waals surface area (Å²) in [6, 6.07) is 10.6. The number of aryl methyl sites for hydroxylation is 1. The first kappa shape index (κ1) is 25.0. The number of sulfone groups is 1. The molecule has 204 valence electrons. The van der Waals surface area contributed by atoms with E-state index in [2.05, 4.69) is 15.2 Å². The van der Waals surface area contributed by atoms with Crippen molar-refractivity contribution < 1.29 is 17.9 Å². The maximum atomic E-state index is 12.9. The largest absolute Gasteiger partial charge is 0.376 e. The molecule has 7 rings (SSSR count). The Morgan fingerprint density at radius 2 is 1.98 bits per heavy atom. The number of anilines is 2. The first-order valence-corrected chi connectivity index (χ1v) is 15.2. The van der Waals surface area contributed by atoms with Crippen LogP contribution in [0.5, 0.6) is 0 Å². The molecule has 3 aromatic heterocycles. The fourth-order valence-corrected chi connectivity index (χ4v) is 6.64. The van der Waals surface area contributed by atoms with Crippen molar-refractivity contribution in [2.45, 2.75) is 49.6 Å². The number of amides is 1. The number of benzene rings is 1. The Hall–Kier alpha value is -3.96. The smallest absolute Gasteiger partial charge is 0.251 e. The Labute approximate surface area is 231 Å². The van der Waals surface area contributed by atoms with E-state index in [1.54, 1.807) is 18.3 Å². The molecule has 3 aliphatic rings. The van der Waals surface area contributed by atoms with Crippen molar-refractivity contribution in [3.8, 4) is 0 Å². The van der Waals surface area contributed by atoms with E-state index in [0.717, 1.165) is 53.3 Å². The molecule has 1 N–H and O–H groups in total. The van der Waals surface area contributed by atoms with Gasteiger partial charge in [0, 0.05) is 35.8 Å². The predicted molar refractivity (Wildman–Crippen MR) is 148 cm³/mol. The number of carbonyl (C=O) groups is 1. The van der Waals surface area contributed by atoms with Crippen molar-refractivity contribution in [2.75, 3.05) is 23.8 Å². The summed E-state index contributed by atoms with van der Waals surface area (Å²) in [5, 5.41) is 3.75. The van der Waals surface area contributed by atoms with E-state index in [1.807, 2.05) is 24.4 Å². The summed E-state index contributed by atoms with van der Waals surface area (Å²) in [6.07, 6.45) is 7.92. The fourth-order valence-electron chi connectivity index (χ4n) is 5.25. The number of aromatic nitrogens is 4. The molecule has 0 saturated heterocycles. The number of ether oxygens (including phenoxy) is 1. The van der Waals surface area contributed by atoms with Gasteiger partial charge in [-0.2, -0.15) is 0 Å². The number of fused-ring (bicyclic) bond motifs is 3. The van der Waals surface area contributed by atoms with Gasteiger partial charge in [0.2, 0.25) is 0 Å². The summed E-state index contributed by atoms with van der Waals surface area (Å²) in [4.78, 5) is 34.3. The molecule has 1 aliphatic carbocycles. The van der Waals surface area contributed by atoms with Gasteiger partial charge in [0.1, 0.15) is 5.82 Å². The van der Waals surface area contributed by atoms with Crippen LogP contribution in [-0.2, 0) is 34.1 Å². The van der Waals surface area contributed by atoms with Crippen molar-refractivity contribution in [3.63, 3.8) is 0 Å². The Kier molecular flexibility index (Phi) is 6.20. The predicted octanol–water partition coefficient (Wildman–Crippen LogP) is 3.62. The summed E-state index contributed by atoms with van der Waals surface area (Å²) in [7, 11) is -3.50. The van der Waals surface area contributed by atoms with Crippen LogP contribution in [0.2, 0.25) is 0 Å². The molecule has 4 aromatic rings. The van der Waals surface area contributed by atoms with Gasteiger partial charge >= 0.3 is 0 Å². The minimum atomic E-state index is -3.50. The summed E-state index contributed by atoms with van der Waals surface area (Å²) < 4.78 is 30.6. The average Bonchev–Trinajstić information content (AvgIpc) is 3.84. The average molecular weight is 557 g/mol. The van der Waals surface area contributed by atoms with Crippen LogP contribution in [0.3, 0.4) is 0 Å². The van der Waals surface area contributed by atoms with Gasteiger partial charge in [-0.15, -0.1) is 0 Å². The van der Waals surface area contributed by atoms with Crippen LogP contribution in [0.1, 0.15) is 58.2 Å². The molecule has 1 amide bonds. The molecule has 0 radical (unpaired) electrons. The molecule has 11 heteroatoms. The molecule has 5 heterocycles. The third kappa shape index (κ3) is 4.79. The molecule has 1 saturated carbocycles. The van der Waals surface area contributed by atoms with Crippen molar-refractivity contribution >= 4 is 38.3 Å². The first-order chi connectivity index (χ1) is 19.4. The van der Waals surface area contributed by atoms with Gasteiger partial charge in [-0.25, -0.2) is 18.4 Å². The van der Waals surface area contributed by atoms with Crippen LogP contribution >= 0.6 is 0 Å². The van der Waals surface area contributed by atoms with Crippen LogP contribution < -0.4 is 10.2 Å². The van der Waals surface area contributed by atoms with Gasteiger partial charge in [-0.1, -0.05) is 6.07 Å². The van der Waals surface area contributed by atoms with Crippen LogP contribution in [0, 0.1) is 0 Å². The highest BCUT2D eigenvalue weighted by Crippen LogP contribution is 2.40. The number of carbonyl (C=O) groups excluding carboxylic acids is 1. The van der Waals surface area contributed by atoms with Crippen LogP contribution in [0.25, 0.3) is 10.9 Å². The van der Waals surface area contributed by atoms with Crippen LogP contribution in [0.4, 0.5) is 11.6 Å². The van der Waals surface area contributed by atoms with Gasteiger partial charge in [-0.3, -0.25) is 14.8 Å². The van der Waals surface area contributed by atoms with E-state index in [0.29, 0.717) is 17.2 Å². The van der Waals surface area contributed by atoms with Gasteiger partial charge < -0.3 is 15.0 Å². The van der Waals surface area contributed by atoms with E-state index in [1.165, 1.54) is 18.9 Å². The van der Waals surface area contributed by atoms with Gasteiger partial charge in [0.15, 0.2) is 15.7 Å². The highest BCUT2D eigenvalue weighted by atomic mass is 32.2. The Bertz CT molecular complexity index is 1760. The Morgan fingerprint density at radius 1 is 1.07 bits per heavy atom. The number of nitrogens with one attached hydrogen (secondary N) is 1. The molecule has 0 unspecified atom stereocenters. The molecule has 2 aliphatic heterocycles. The normalized spacial score (nSPS) is 18.1. The number of nitrogens with zero attached hydrogens (tertiary/aromatic N) is 5. The number of hydrogen-bond donors (Lipinski definition) is 1. The topological polar surface area (TPSA) is 127 Å². The maximum Gasteiger partial charge on any atom is 0.251 e. The fraction of sp³-hybridized carbons (Fsp3) is 0.345. The number of rotatable bonds is 5. The second kappa shape index (κ2) is 9.90. The molecular weight excluding hydrogens is 528 g/mol. The first-order valence-electron chi connectivity index (χ1n) is 13.6. The molecule has 10 nitrogen and oxygen atoms in total. The van der Waals surface area contributed by atoms with Crippen LogP contribution in [0.15, 0.2) is 53.7 Å². The molecule has 40 heavy (non-hydrogen) atoms. The zero-order chi connectivity index (χ0) is 27.3. The van der Waals surface area contributed by atoms with Gasteiger partial charge in [0.05, 0.1) is 53.0 Å². The lowest BCUT2D eigenvalue weighted by molar-refractivity contribution is 0.0950. The molecule has 0 bridgehead atoms. The minimum absolute atomic E-state index is 0.0989. The van der Waals surface area contributed by atoms with E-state index in [4.69, 9.17) is 19.7 Å². The number of pyridine rings is 2. The molecular formula is C29H28N6O4S. The monoisotopic (exact) mass is 556 g/mol. The third-order valence-electron chi connectivity index (χ3n) is 7.63. The maximum absolute atomic E-state index is 12.9. The summed E-state index contributed by atoms with van der Waals surface area (Å²) in [5.74, 6) is 1.77. The molecule has 0 spiro atoms. The van der Waals surface area contributed by atoms with E-state index in [9.17, 15) is 13.2 Å². The lowest BCUT2D eigenvalue weighted by Gasteiger charge is -2.29. The van der Waals surface area contributed by atoms with Gasteiger partial charge in [0.25, 0.3) is 5.91 Å². The lowest BCUT2D eigenvalue weighted by atomic mass is 10.1. The second-order valence-corrected chi connectivity index (χ2v) is 12.6. The summed E-state index contributed by atoms with van der Waals surface area (Å²) in [5.41, 5.74) is 4.34. The highest BCUT2D eigenvalue weighted by molar-refractivity contribution is 7.91. The standard InChI is InChI=1S/C29H28N6O4S/c36-29(19-5-6-21-17-39-10-11-40(37,38)26(21)12-19)32-15-22-13-24-20(14-30-22)7-8-27(33-24)35-9-1-2-23-28(35)34-25(16-31-23)18-3-4-18/h5-8,12-14,16,18H,1-4,9-11,15,17H2,(H,32,36). The van der Waals surface area contributed by atoms with Crippen molar-refractivity contribution in [1.29, 1.82) is 0 Å². The highest BCUT2D eigenvalue weighted by Gasteiger charge is 2.29. The Balaban J connectivity index is 1.11. The molecule has 0 atom stereocenters. The van der Waals surface area contributed by atoms with E-state index >= 15 is 0 Å². The molecule has 1 fully saturated rings. The Morgan fingerprint density at radius 3 is 2.85 bits per heavy atom.